The van der Waals surface area contributed by atoms with Gasteiger partial charge >= 0.3 is 5.97 Å². The van der Waals surface area contributed by atoms with Crippen LogP contribution in [0.3, 0.4) is 0 Å². The molecule has 0 spiro atoms. The first-order chi connectivity index (χ1) is 17.6. The minimum absolute atomic E-state index is 0.382. The Balaban J connectivity index is 1.63. The zero-order valence-electron chi connectivity index (χ0n) is 22.7. The first kappa shape index (κ1) is 29.5. The van der Waals surface area contributed by atoms with E-state index in [1.54, 1.807) is 24.3 Å². The molecule has 2 aromatic carbocycles. The van der Waals surface area contributed by atoms with Gasteiger partial charge in [0.15, 0.2) is 0 Å². The molecule has 0 aliphatic carbocycles. The maximum atomic E-state index is 12.5. The second-order valence-electron chi connectivity index (χ2n) is 9.55. The summed E-state index contributed by atoms with van der Waals surface area (Å²) < 4.78 is 17.1. The zero-order chi connectivity index (χ0) is 25.8. The summed E-state index contributed by atoms with van der Waals surface area (Å²) in [6, 6.07) is 14.4. The molecule has 1 atom stereocenters. The van der Waals surface area contributed by atoms with Crippen molar-refractivity contribution < 1.29 is 19.0 Å². The Kier molecular flexibility index (Phi) is 15.2. The summed E-state index contributed by atoms with van der Waals surface area (Å²) >= 11 is 0. The monoisotopic (exact) mass is 494 g/mol. The lowest BCUT2D eigenvalue weighted by Gasteiger charge is -2.09. The quantitative estimate of drug-likeness (QED) is 0.0845. The van der Waals surface area contributed by atoms with E-state index in [0.717, 1.165) is 43.1 Å². The molecule has 198 valence electrons. The van der Waals surface area contributed by atoms with Gasteiger partial charge in [0.1, 0.15) is 17.2 Å². The Morgan fingerprint density at radius 3 is 1.89 bits per heavy atom. The number of hydrogen-bond donors (Lipinski definition) is 0. The van der Waals surface area contributed by atoms with Gasteiger partial charge in [-0.05, 0) is 86.6 Å². The van der Waals surface area contributed by atoms with Crippen LogP contribution < -0.4 is 14.2 Å². The van der Waals surface area contributed by atoms with Gasteiger partial charge in [-0.25, -0.2) is 4.79 Å². The molecule has 0 bridgehead atoms. The van der Waals surface area contributed by atoms with Crippen molar-refractivity contribution in [2.24, 2.45) is 5.92 Å². The normalized spacial score (nSPS) is 12.0. The van der Waals surface area contributed by atoms with Crippen LogP contribution in [-0.2, 0) is 0 Å². The highest BCUT2D eigenvalue weighted by molar-refractivity contribution is 5.91. The molecule has 0 radical (unpaired) electrons. The number of esters is 1. The molecule has 0 amide bonds. The highest BCUT2D eigenvalue weighted by atomic mass is 16.5. The first-order valence-electron chi connectivity index (χ1n) is 13.9. The molecule has 0 aromatic heterocycles. The average Bonchev–Trinajstić information content (AvgIpc) is 2.90. The van der Waals surface area contributed by atoms with E-state index in [1.807, 2.05) is 24.3 Å². The van der Waals surface area contributed by atoms with E-state index in [1.165, 1.54) is 44.9 Å². The van der Waals surface area contributed by atoms with E-state index >= 15 is 0 Å². The summed E-state index contributed by atoms with van der Waals surface area (Å²) in [5, 5.41) is 0. The number of hydrogen-bond acceptors (Lipinski definition) is 4. The highest BCUT2D eigenvalue weighted by Gasteiger charge is 2.09. The highest BCUT2D eigenvalue weighted by Crippen LogP contribution is 2.20. The van der Waals surface area contributed by atoms with Gasteiger partial charge < -0.3 is 14.2 Å². The SMILES string of the molecule is CCCC/C=C\CCCCOc1ccc(OC(=O)c2ccc(OCCCCC[C@@H](C)CC)cc2)cc1. The molecule has 0 aliphatic rings. The standard InChI is InChI=1S/C32H46O4/c1-4-6-7-8-9-10-11-14-25-35-30-21-23-31(24-22-30)36-32(33)28-17-19-29(20-18-28)34-26-15-12-13-16-27(3)5-2/h8-9,17-24,27H,4-7,10-16,25-26H2,1-3H3/b9-8-/t27-/m0/s1. The van der Waals surface area contributed by atoms with Crippen molar-refractivity contribution in [3.05, 3.63) is 66.2 Å². The molecule has 4 nitrogen and oxygen atoms in total. The number of carbonyl (C=O) groups is 1. The molecular formula is C32H46O4. The fraction of sp³-hybridized carbons (Fsp3) is 0.531. The summed E-state index contributed by atoms with van der Waals surface area (Å²) in [5.41, 5.74) is 0.500. The molecule has 0 unspecified atom stereocenters. The van der Waals surface area contributed by atoms with E-state index in [2.05, 4.69) is 32.9 Å². The van der Waals surface area contributed by atoms with Crippen molar-refractivity contribution in [3.63, 3.8) is 0 Å². The lowest BCUT2D eigenvalue weighted by Crippen LogP contribution is -2.08. The third-order valence-electron chi connectivity index (χ3n) is 6.36. The number of ether oxygens (including phenoxy) is 3. The molecular weight excluding hydrogens is 448 g/mol. The van der Waals surface area contributed by atoms with E-state index in [9.17, 15) is 4.79 Å². The van der Waals surface area contributed by atoms with E-state index in [4.69, 9.17) is 14.2 Å². The van der Waals surface area contributed by atoms with Crippen LogP contribution in [0.5, 0.6) is 17.2 Å². The average molecular weight is 495 g/mol. The van der Waals surface area contributed by atoms with Gasteiger partial charge in [-0.1, -0.05) is 71.4 Å². The first-order valence-corrected chi connectivity index (χ1v) is 13.9. The number of carbonyl (C=O) groups excluding carboxylic acids is 1. The topological polar surface area (TPSA) is 44.8 Å². The van der Waals surface area contributed by atoms with Crippen LogP contribution in [0.1, 0.15) is 102 Å². The summed E-state index contributed by atoms with van der Waals surface area (Å²) in [5.74, 6) is 2.50. The van der Waals surface area contributed by atoms with Crippen LogP contribution in [0, 0.1) is 5.92 Å². The molecule has 0 fully saturated rings. The molecule has 0 saturated carbocycles. The predicted octanol–water partition coefficient (Wildman–Crippen LogP) is 9.19. The molecule has 0 N–H and O–H groups in total. The lowest BCUT2D eigenvalue weighted by molar-refractivity contribution is 0.0734. The van der Waals surface area contributed by atoms with Gasteiger partial charge in [0.05, 0.1) is 18.8 Å². The van der Waals surface area contributed by atoms with Gasteiger partial charge in [0, 0.05) is 0 Å². The minimum atomic E-state index is -0.382. The molecule has 4 heteroatoms. The van der Waals surface area contributed by atoms with Crippen LogP contribution in [0.25, 0.3) is 0 Å². The van der Waals surface area contributed by atoms with Crippen LogP contribution in [-0.4, -0.2) is 19.2 Å². The molecule has 2 rings (SSSR count). The minimum Gasteiger partial charge on any atom is -0.494 e. The van der Waals surface area contributed by atoms with Crippen LogP contribution in [0.4, 0.5) is 0 Å². The smallest absolute Gasteiger partial charge is 0.343 e. The summed E-state index contributed by atoms with van der Waals surface area (Å²) in [6.45, 7) is 8.16. The Labute approximate surface area is 219 Å². The summed E-state index contributed by atoms with van der Waals surface area (Å²) in [7, 11) is 0. The Morgan fingerprint density at radius 1 is 0.722 bits per heavy atom. The number of rotatable bonds is 19. The zero-order valence-corrected chi connectivity index (χ0v) is 22.7. The van der Waals surface area contributed by atoms with Crippen LogP contribution in [0.15, 0.2) is 60.7 Å². The maximum Gasteiger partial charge on any atom is 0.343 e. The molecule has 0 aliphatic heterocycles. The fourth-order valence-corrected chi connectivity index (χ4v) is 3.73. The van der Waals surface area contributed by atoms with Crippen LogP contribution >= 0.6 is 0 Å². The summed E-state index contributed by atoms with van der Waals surface area (Å²) in [6.07, 6.45) is 17.6. The number of benzene rings is 2. The van der Waals surface area contributed by atoms with Crippen molar-refractivity contribution in [3.8, 4) is 17.2 Å². The lowest BCUT2D eigenvalue weighted by atomic mass is 10.0. The molecule has 0 saturated heterocycles. The van der Waals surface area contributed by atoms with E-state index in [0.29, 0.717) is 24.5 Å². The third-order valence-corrected chi connectivity index (χ3v) is 6.36. The van der Waals surface area contributed by atoms with E-state index in [-0.39, 0.29) is 5.97 Å². The maximum absolute atomic E-state index is 12.5. The van der Waals surface area contributed by atoms with Gasteiger partial charge in [0.25, 0.3) is 0 Å². The van der Waals surface area contributed by atoms with Crippen molar-refractivity contribution in [2.75, 3.05) is 13.2 Å². The molecule has 2 aromatic rings. The predicted molar refractivity (Wildman–Crippen MR) is 149 cm³/mol. The van der Waals surface area contributed by atoms with E-state index < -0.39 is 0 Å². The number of allylic oxidation sites excluding steroid dienone is 2. The Bertz CT molecular complexity index is 855. The number of unbranched alkanes of at least 4 members (excludes halogenated alkanes) is 6. The Morgan fingerprint density at radius 2 is 1.28 bits per heavy atom. The van der Waals surface area contributed by atoms with Gasteiger partial charge in [-0.2, -0.15) is 0 Å². The molecule has 36 heavy (non-hydrogen) atoms. The van der Waals surface area contributed by atoms with Gasteiger partial charge in [0.2, 0.25) is 0 Å². The largest absolute Gasteiger partial charge is 0.494 e. The molecule has 0 heterocycles. The van der Waals surface area contributed by atoms with Crippen molar-refractivity contribution in [2.45, 2.75) is 91.4 Å². The fourth-order valence-electron chi connectivity index (χ4n) is 3.73. The van der Waals surface area contributed by atoms with Crippen molar-refractivity contribution in [1.29, 1.82) is 0 Å². The second kappa shape index (κ2) is 18.5. The van der Waals surface area contributed by atoms with Crippen molar-refractivity contribution >= 4 is 5.97 Å². The van der Waals surface area contributed by atoms with Crippen LogP contribution in [0.2, 0.25) is 0 Å². The Hall–Kier alpha value is -2.75. The van der Waals surface area contributed by atoms with Gasteiger partial charge in [-0.3, -0.25) is 0 Å². The van der Waals surface area contributed by atoms with Gasteiger partial charge in [-0.15, -0.1) is 0 Å². The summed E-state index contributed by atoms with van der Waals surface area (Å²) in [4.78, 5) is 12.5. The third kappa shape index (κ3) is 12.8. The second-order valence-corrected chi connectivity index (χ2v) is 9.55. The van der Waals surface area contributed by atoms with Crippen molar-refractivity contribution in [1.82, 2.24) is 0 Å².